The molecule has 2 aromatic carbocycles. The first-order valence-electron chi connectivity index (χ1n) is 10.7. The van der Waals surface area contributed by atoms with Crippen LogP contribution in [0.1, 0.15) is 18.4 Å². The lowest BCUT2D eigenvalue weighted by Crippen LogP contribution is -2.37. The highest BCUT2D eigenvalue weighted by atomic mass is 16.2. The van der Waals surface area contributed by atoms with Gasteiger partial charge in [-0.05, 0) is 43.1 Å². The summed E-state index contributed by atoms with van der Waals surface area (Å²) in [7, 11) is 0. The second-order valence-corrected chi connectivity index (χ2v) is 7.67. The van der Waals surface area contributed by atoms with Crippen molar-refractivity contribution >= 4 is 5.91 Å². The molecule has 0 N–H and O–H groups in total. The van der Waals surface area contributed by atoms with Gasteiger partial charge >= 0.3 is 0 Å². The number of hydrogen-bond acceptors (Lipinski definition) is 5. The van der Waals surface area contributed by atoms with Crippen molar-refractivity contribution in [3.63, 3.8) is 0 Å². The van der Waals surface area contributed by atoms with Crippen molar-refractivity contribution in [3.05, 3.63) is 66.2 Å². The molecule has 7 heteroatoms. The van der Waals surface area contributed by atoms with E-state index in [4.69, 9.17) is 0 Å². The van der Waals surface area contributed by atoms with Gasteiger partial charge in [0.15, 0.2) is 0 Å². The lowest BCUT2D eigenvalue weighted by Gasteiger charge is -2.21. The fraction of sp³-hybridized carbons (Fsp3) is 0.391. The Morgan fingerprint density at radius 3 is 2.47 bits per heavy atom. The van der Waals surface area contributed by atoms with Gasteiger partial charge in [0, 0.05) is 25.2 Å². The molecule has 4 rings (SSSR count). The molecule has 0 bridgehead atoms. The number of aromatic nitrogens is 4. The van der Waals surface area contributed by atoms with Gasteiger partial charge in [-0.25, -0.2) is 0 Å². The van der Waals surface area contributed by atoms with E-state index in [0.717, 1.165) is 57.5 Å². The summed E-state index contributed by atoms with van der Waals surface area (Å²) in [5.41, 5.74) is 2.29. The van der Waals surface area contributed by atoms with Crippen LogP contribution in [0.25, 0.3) is 11.4 Å². The first kappa shape index (κ1) is 20.2. The van der Waals surface area contributed by atoms with Gasteiger partial charge in [-0.1, -0.05) is 60.7 Å². The molecular weight excluding hydrogens is 376 g/mol. The maximum absolute atomic E-state index is 12.8. The van der Waals surface area contributed by atoms with E-state index in [1.807, 2.05) is 35.2 Å². The molecule has 1 aliphatic heterocycles. The van der Waals surface area contributed by atoms with Gasteiger partial charge in [-0.15, -0.1) is 10.2 Å². The molecule has 1 aromatic heterocycles. The number of benzene rings is 2. The second-order valence-electron chi connectivity index (χ2n) is 7.67. The van der Waals surface area contributed by atoms with Gasteiger partial charge < -0.3 is 9.80 Å². The zero-order chi connectivity index (χ0) is 20.6. The Morgan fingerprint density at radius 1 is 0.900 bits per heavy atom. The Hall–Kier alpha value is -3.06. The minimum Gasteiger partial charge on any atom is -0.340 e. The number of tetrazole rings is 1. The quantitative estimate of drug-likeness (QED) is 0.605. The molecule has 0 spiro atoms. The van der Waals surface area contributed by atoms with Crippen LogP contribution in [0.5, 0.6) is 0 Å². The molecule has 0 unspecified atom stereocenters. The number of amides is 1. The van der Waals surface area contributed by atoms with Crippen molar-refractivity contribution in [1.29, 1.82) is 0 Å². The van der Waals surface area contributed by atoms with Gasteiger partial charge in [-0.3, -0.25) is 4.79 Å². The average molecular weight is 405 g/mol. The first-order chi connectivity index (χ1) is 14.8. The van der Waals surface area contributed by atoms with Crippen molar-refractivity contribution in [3.8, 4) is 11.4 Å². The molecule has 3 aromatic rings. The topological polar surface area (TPSA) is 67.2 Å². The summed E-state index contributed by atoms with van der Waals surface area (Å²) in [6, 6.07) is 20.3. The Labute approximate surface area is 177 Å². The SMILES string of the molecule is O=C(Cn1nnc(-c2ccccc2)n1)N1CCCN(CCCc2ccccc2)CC1. The summed E-state index contributed by atoms with van der Waals surface area (Å²) >= 11 is 0. The van der Waals surface area contributed by atoms with Crippen LogP contribution in [0.4, 0.5) is 0 Å². The lowest BCUT2D eigenvalue weighted by molar-refractivity contribution is -0.132. The number of carbonyl (C=O) groups excluding carboxylic acids is 1. The molecule has 1 fully saturated rings. The maximum Gasteiger partial charge on any atom is 0.246 e. The normalized spacial score (nSPS) is 15.1. The number of aryl methyl sites for hydroxylation is 1. The molecule has 0 radical (unpaired) electrons. The zero-order valence-electron chi connectivity index (χ0n) is 17.2. The summed E-state index contributed by atoms with van der Waals surface area (Å²) < 4.78 is 0. The van der Waals surface area contributed by atoms with Gasteiger partial charge in [0.25, 0.3) is 0 Å². The predicted octanol–water partition coefficient (Wildman–Crippen LogP) is 2.51. The molecule has 2 heterocycles. The van der Waals surface area contributed by atoms with E-state index in [1.165, 1.54) is 10.4 Å². The van der Waals surface area contributed by atoms with Gasteiger partial charge in [0.05, 0.1) is 0 Å². The van der Waals surface area contributed by atoms with Crippen molar-refractivity contribution in [2.24, 2.45) is 0 Å². The third kappa shape index (κ3) is 5.51. The van der Waals surface area contributed by atoms with E-state index in [0.29, 0.717) is 5.82 Å². The lowest BCUT2D eigenvalue weighted by atomic mass is 10.1. The number of hydrogen-bond donors (Lipinski definition) is 0. The molecule has 30 heavy (non-hydrogen) atoms. The van der Waals surface area contributed by atoms with Crippen LogP contribution in [0.3, 0.4) is 0 Å². The van der Waals surface area contributed by atoms with E-state index >= 15 is 0 Å². The molecule has 1 aliphatic rings. The van der Waals surface area contributed by atoms with Gasteiger partial charge in [-0.2, -0.15) is 4.80 Å². The van der Waals surface area contributed by atoms with Crippen LogP contribution in [-0.4, -0.2) is 68.6 Å². The second kappa shape index (κ2) is 10.1. The van der Waals surface area contributed by atoms with Gasteiger partial charge in [0.2, 0.25) is 11.7 Å². The fourth-order valence-electron chi connectivity index (χ4n) is 3.83. The monoisotopic (exact) mass is 404 g/mol. The Kier molecular flexibility index (Phi) is 6.82. The van der Waals surface area contributed by atoms with Crippen molar-refractivity contribution < 1.29 is 4.79 Å². The van der Waals surface area contributed by atoms with Crippen molar-refractivity contribution in [2.45, 2.75) is 25.8 Å². The largest absolute Gasteiger partial charge is 0.340 e. The molecule has 7 nitrogen and oxygen atoms in total. The van der Waals surface area contributed by atoms with E-state index in [9.17, 15) is 4.79 Å². The highest BCUT2D eigenvalue weighted by molar-refractivity contribution is 5.75. The molecule has 0 aliphatic carbocycles. The molecule has 0 saturated carbocycles. The maximum atomic E-state index is 12.8. The predicted molar refractivity (Wildman–Crippen MR) is 116 cm³/mol. The van der Waals surface area contributed by atoms with Crippen LogP contribution in [0.15, 0.2) is 60.7 Å². The van der Waals surface area contributed by atoms with E-state index in [1.54, 1.807) is 0 Å². The summed E-state index contributed by atoms with van der Waals surface area (Å²) in [4.78, 5) is 18.5. The van der Waals surface area contributed by atoms with E-state index in [2.05, 4.69) is 50.6 Å². The zero-order valence-corrected chi connectivity index (χ0v) is 17.2. The molecular formula is C23H28N6O. The Bertz CT molecular complexity index is 927. The van der Waals surface area contributed by atoms with Crippen molar-refractivity contribution in [1.82, 2.24) is 30.0 Å². The Balaban J connectivity index is 1.24. The van der Waals surface area contributed by atoms with Crippen LogP contribution in [0, 0.1) is 0 Å². The third-order valence-electron chi connectivity index (χ3n) is 5.49. The first-order valence-corrected chi connectivity index (χ1v) is 10.7. The van der Waals surface area contributed by atoms with Crippen LogP contribution in [-0.2, 0) is 17.8 Å². The van der Waals surface area contributed by atoms with Crippen LogP contribution >= 0.6 is 0 Å². The minimum atomic E-state index is 0.0538. The van der Waals surface area contributed by atoms with E-state index in [-0.39, 0.29) is 12.5 Å². The minimum absolute atomic E-state index is 0.0538. The molecule has 1 saturated heterocycles. The van der Waals surface area contributed by atoms with Crippen molar-refractivity contribution in [2.75, 3.05) is 32.7 Å². The smallest absolute Gasteiger partial charge is 0.246 e. The summed E-state index contributed by atoms with van der Waals surface area (Å²) in [6.45, 7) is 4.70. The molecule has 0 atom stereocenters. The highest BCUT2D eigenvalue weighted by Gasteiger charge is 2.20. The summed E-state index contributed by atoms with van der Waals surface area (Å²) in [6.07, 6.45) is 3.24. The average Bonchev–Trinajstić information content (AvgIpc) is 3.12. The third-order valence-corrected chi connectivity index (χ3v) is 5.49. The fourth-order valence-corrected chi connectivity index (χ4v) is 3.83. The molecule has 1 amide bonds. The summed E-state index contributed by atoms with van der Waals surface area (Å²) in [5.74, 6) is 0.599. The van der Waals surface area contributed by atoms with E-state index < -0.39 is 0 Å². The number of carbonyl (C=O) groups is 1. The summed E-state index contributed by atoms with van der Waals surface area (Å²) in [5, 5.41) is 12.5. The highest BCUT2D eigenvalue weighted by Crippen LogP contribution is 2.12. The molecule has 156 valence electrons. The van der Waals surface area contributed by atoms with Gasteiger partial charge in [0.1, 0.15) is 6.54 Å². The van der Waals surface area contributed by atoms with Crippen LogP contribution in [0.2, 0.25) is 0 Å². The van der Waals surface area contributed by atoms with Crippen LogP contribution < -0.4 is 0 Å². The number of nitrogens with zero attached hydrogens (tertiary/aromatic N) is 6. The number of rotatable bonds is 7. The standard InChI is InChI=1S/C23H28N6O/c30-22(19-29-25-23(24-26-29)21-12-5-2-6-13-21)28-16-8-15-27(17-18-28)14-7-11-20-9-3-1-4-10-20/h1-6,9-10,12-13H,7-8,11,14-19H2. The Morgan fingerprint density at radius 2 is 1.67 bits per heavy atom.